The number of hydrogen-bond acceptors (Lipinski definition) is 2. The second kappa shape index (κ2) is 5.31. The summed E-state index contributed by atoms with van der Waals surface area (Å²) in [5, 5.41) is 13.7. The second-order valence-electron chi connectivity index (χ2n) is 7.62. The summed E-state index contributed by atoms with van der Waals surface area (Å²) in [7, 11) is 0. The fourth-order valence-electron chi connectivity index (χ4n) is 5.31. The second-order valence-corrected chi connectivity index (χ2v) is 7.62. The summed E-state index contributed by atoms with van der Waals surface area (Å²) < 4.78 is 0. The molecule has 21 heavy (non-hydrogen) atoms. The smallest absolute Gasteiger partial charge is 0.115 e. The predicted octanol–water partition coefficient (Wildman–Crippen LogP) is 4.18. The van der Waals surface area contributed by atoms with E-state index in [9.17, 15) is 5.11 Å². The Kier molecular flexibility index (Phi) is 3.45. The molecule has 3 aliphatic rings. The van der Waals surface area contributed by atoms with Gasteiger partial charge in [-0.1, -0.05) is 12.5 Å². The molecular weight excluding hydrogens is 258 g/mol. The van der Waals surface area contributed by atoms with Crippen molar-refractivity contribution in [1.29, 1.82) is 0 Å². The number of phenols is 1. The molecule has 5 unspecified atom stereocenters. The fraction of sp³-hybridized carbons (Fsp3) is 0.684. The lowest BCUT2D eigenvalue weighted by atomic mass is 9.82. The highest BCUT2D eigenvalue weighted by molar-refractivity contribution is 5.38. The van der Waals surface area contributed by atoms with Crippen LogP contribution in [0.3, 0.4) is 0 Å². The van der Waals surface area contributed by atoms with Crippen molar-refractivity contribution in [2.24, 2.45) is 17.8 Å². The zero-order valence-electron chi connectivity index (χ0n) is 13.0. The van der Waals surface area contributed by atoms with E-state index in [1.54, 1.807) is 0 Å². The number of aromatic hydroxyl groups is 1. The highest BCUT2D eigenvalue weighted by Gasteiger charge is 2.42. The van der Waals surface area contributed by atoms with Gasteiger partial charge in [0.15, 0.2) is 0 Å². The third-order valence-corrected chi connectivity index (χ3v) is 6.34. The first-order chi connectivity index (χ1) is 10.2. The summed E-state index contributed by atoms with van der Waals surface area (Å²) in [5.41, 5.74) is 2.77. The first kappa shape index (κ1) is 13.6. The number of rotatable bonds is 3. The topological polar surface area (TPSA) is 32.3 Å². The van der Waals surface area contributed by atoms with Gasteiger partial charge in [0, 0.05) is 12.1 Å². The van der Waals surface area contributed by atoms with E-state index in [0.717, 1.165) is 24.2 Å². The van der Waals surface area contributed by atoms with E-state index in [-0.39, 0.29) is 0 Å². The molecule has 0 aromatic heterocycles. The molecule has 2 nitrogen and oxygen atoms in total. The van der Waals surface area contributed by atoms with Crippen molar-refractivity contribution in [3.8, 4) is 5.75 Å². The molecule has 0 saturated heterocycles. The Hall–Kier alpha value is -1.02. The molecular formula is C19H27NO. The largest absolute Gasteiger partial charge is 0.508 e. The predicted molar refractivity (Wildman–Crippen MR) is 85.3 cm³/mol. The van der Waals surface area contributed by atoms with Gasteiger partial charge in [-0.05, 0) is 86.5 Å². The molecule has 0 spiro atoms. The minimum Gasteiger partial charge on any atom is -0.508 e. The first-order valence-corrected chi connectivity index (χ1v) is 8.78. The van der Waals surface area contributed by atoms with Gasteiger partial charge in [-0.15, -0.1) is 0 Å². The van der Waals surface area contributed by atoms with Crippen LogP contribution in [0.25, 0.3) is 0 Å². The molecule has 1 aromatic carbocycles. The van der Waals surface area contributed by atoms with Gasteiger partial charge < -0.3 is 10.4 Å². The van der Waals surface area contributed by atoms with E-state index in [2.05, 4.69) is 18.3 Å². The van der Waals surface area contributed by atoms with Crippen LogP contribution in [0, 0.1) is 17.8 Å². The molecule has 0 aliphatic heterocycles. The molecule has 0 radical (unpaired) electrons. The standard InChI is InChI=1S/C19H27NO/c1-12(17-10-13-5-6-15(17)9-13)20-19-4-2-3-14-7-8-16(21)11-18(14)19/h7-8,11-13,15,17,19-21H,2-6,9-10H2,1H3. The van der Waals surface area contributed by atoms with Crippen LogP contribution in [0.2, 0.25) is 0 Å². The van der Waals surface area contributed by atoms with Crippen molar-refractivity contribution < 1.29 is 5.11 Å². The van der Waals surface area contributed by atoms with E-state index in [0.29, 0.717) is 17.8 Å². The van der Waals surface area contributed by atoms with E-state index in [1.165, 1.54) is 49.7 Å². The van der Waals surface area contributed by atoms with Crippen LogP contribution in [0.5, 0.6) is 5.75 Å². The van der Waals surface area contributed by atoms with Gasteiger partial charge in [-0.2, -0.15) is 0 Å². The van der Waals surface area contributed by atoms with Crippen molar-refractivity contribution in [2.75, 3.05) is 0 Å². The molecule has 114 valence electrons. The summed E-state index contributed by atoms with van der Waals surface area (Å²) in [6.45, 7) is 2.39. The monoisotopic (exact) mass is 285 g/mol. The van der Waals surface area contributed by atoms with Crippen molar-refractivity contribution in [2.45, 2.75) is 64.0 Å². The van der Waals surface area contributed by atoms with E-state index >= 15 is 0 Å². The van der Waals surface area contributed by atoms with Crippen molar-refractivity contribution in [3.63, 3.8) is 0 Å². The minimum absolute atomic E-state index is 0.412. The van der Waals surface area contributed by atoms with Gasteiger partial charge in [0.25, 0.3) is 0 Å². The average Bonchev–Trinajstić information content (AvgIpc) is 3.10. The zero-order chi connectivity index (χ0) is 14.4. The van der Waals surface area contributed by atoms with Crippen molar-refractivity contribution >= 4 is 0 Å². The Labute approximate surface area is 128 Å². The lowest BCUT2D eigenvalue weighted by Gasteiger charge is -2.34. The number of aryl methyl sites for hydroxylation is 1. The molecule has 2 bridgehead atoms. The van der Waals surface area contributed by atoms with Gasteiger partial charge in [0.05, 0.1) is 0 Å². The molecule has 5 atom stereocenters. The average molecular weight is 285 g/mol. The van der Waals surface area contributed by atoms with Crippen LogP contribution in [0.4, 0.5) is 0 Å². The molecule has 2 saturated carbocycles. The number of benzene rings is 1. The van der Waals surface area contributed by atoms with Crippen LogP contribution in [0.15, 0.2) is 18.2 Å². The highest BCUT2D eigenvalue weighted by Crippen LogP contribution is 2.50. The summed E-state index contributed by atoms with van der Waals surface area (Å²) >= 11 is 0. The maximum absolute atomic E-state index is 9.81. The van der Waals surface area contributed by atoms with Gasteiger partial charge in [0.1, 0.15) is 5.75 Å². The fourth-order valence-corrected chi connectivity index (χ4v) is 5.31. The molecule has 3 aliphatic carbocycles. The molecule has 2 fully saturated rings. The van der Waals surface area contributed by atoms with E-state index < -0.39 is 0 Å². The van der Waals surface area contributed by atoms with Gasteiger partial charge >= 0.3 is 0 Å². The van der Waals surface area contributed by atoms with Crippen LogP contribution in [0.1, 0.15) is 62.6 Å². The summed E-state index contributed by atoms with van der Waals surface area (Å²) in [4.78, 5) is 0. The number of fused-ring (bicyclic) bond motifs is 3. The zero-order valence-corrected chi connectivity index (χ0v) is 13.0. The third kappa shape index (κ3) is 2.48. The van der Waals surface area contributed by atoms with Crippen LogP contribution in [-0.4, -0.2) is 11.1 Å². The van der Waals surface area contributed by atoms with Gasteiger partial charge in [-0.25, -0.2) is 0 Å². The Morgan fingerprint density at radius 3 is 2.86 bits per heavy atom. The number of nitrogens with one attached hydrogen (secondary N) is 1. The summed E-state index contributed by atoms with van der Waals surface area (Å²) in [6, 6.07) is 6.98. The highest BCUT2D eigenvalue weighted by atomic mass is 16.3. The Bertz CT molecular complexity index is 526. The van der Waals surface area contributed by atoms with E-state index in [1.807, 2.05) is 12.1 Å². The molecule has 2 N–H and O–H groups in total. The molecule has 1 aromatic rings. The molecule has 2 heteroatoms. The molecule has 0 amide bonds. The van der Waals surface area contributed by atoms with Gasteiger partial charge in [0.2, 0.25) is 0 Å². The Balaban J connectivity index is 1.49. The number of phenolic OH excluding ortho intramolecular Hbond substituents is 1. The normalized spacial score (nSPS) is 35.7. The maximum atomic E-state index is 9.81. The first-order valence-electron chi connectivity index (χ1n) is 8.78. The Morgan fingerprint density at radius 1 is 1.19 bits per heavy atom. The van der Waals surface area contributed by atoms with Crippen molar-refractivity contribution in [1.82, 2.24) is 5.32 Å². The lowest BCUT2D eigenvalue weighted by Crippen LogP contribution is -2.39. The van der Waals surface area contributed by atoms with Gasteiger partial charge in [-0.3, -0.25) is 0 Å². The number of hydrogen-bond donors (Lipinski definition) is 2. The molecule has 4 rings (SSSR count). The van der Waals surface area contributed by atoms with Crippen molar-refractivity contribution in [3.05, 3.63) is 29.3 Å². The maximum Gasteiger partial charge on any atom is 0.115 e. The Morgan fingerprint density at radius 2 is 2.10 bits per heavy atom. The SMILES string of the molecule is CC(NC1CCCc2ccc(O)cc21)C1CC2CCC1C2. The third-order valence-electron chi connectivity index (χ3n) is 6.34. The quantitative estimate of drug-likeness (QED) is 0.873. The molecule has 0 heterocycles. The summed E-state index contributed by atoms with van der Waals surface area (Å²) in [6.07, 6.45) is 9.51. The minimum atomic E-state index is 0.412. The van der Waals surface area contributed by atoms with Crippen LogP contribution in [-0.2, 0) is 6.42 Å². The van der Waals surface area contributed by atoms with Crippen LogP contribution < -0.4 is 5.32 Å². The van der Waals surface area contributed by atoms with Crippen LogP contribution >= 0.6 is 0 Å². The van der Waals surface area contributed by atoms with E-state index in [4.69, 9.17) is 0 Å². The summed E-state index contributed by atoms with van der Waals surface area (Å²) in [5.74, 6) is 3.29. The lowest BCUT2D eigenvalue weighted by molar-refractivity contribution is 0.238.